The fourth-order valence-electron chi connectivity index (χ4n) is 4.00. The smallest absolute Gasteiger partial charge is 0.152 e. The van der Waals surface area contributed by atoms with Crippen LogP contribution in [-0.4, -0.2) is 63.2 Å². The molecule has 1 rings (SSSR count). The Kier molecular flexibility index (Phi) is 7.10. The molecule has 0 heterocycles. The monoisotopic (exact) mass is 320 g/mol. The standard InChI is InChI=1S/C15H32N2O3S/c1-5-13(6-2)17(10-11-20-3)15(12-16)9-7-8-14(15)21(4,18)19/h13-14H,5-12,16H2,1-4H3. The highest BCUT2D eigenvalue weighted by Crippen LogP contribution is 2.40. The summed E-state index contributed by atoms with van der Waals surface area (Å²) in [7, 11) is -1.42. The minimum absolute atomic E-state index is 0.353. The molecular formula is C15H32N2O3S. The van der Waals surface area contributed by atoms with Crippen molar-refractivity contribution in [2.24, 2.45) is 5.73 Å². The normalized spacial score (nSPS) is 26.9. The molecule has 0 aromatic carbocycles. The topological polar surface area (TPSA) is 72.6 Å². The number of rotatable bonds is 9. The molecule has 0 bridgehead atoms. The lowest BCUT2D eigenvalue weighted by Crippen LogP contribution is -2.63. The highest BCUT2D eigenvalue weighted by molar-refractivity contribution is 7.91. The van der Waals surface area contributed by atoms with E-state index in [-0.39, 0.29) is 5.25 Å². The van der Waals surface area contributed by atoms with E-state index in [4.69, 9.17) is 10.5 Å². The molecule has 0 aliphatic heterocycles. The number of methoxy groups -OCH3 is 1. The van der Waals surface area contributed by atoms with Gasteiger partial charge < -0.3 is 10.5 Å². The van der Waals surface area contributed by atoms with E-state index in [1.165, 1.54) is 6.26 Å². The first-order valence-corrected chi connectivity index (χ1v) is 9.97. The molecule has 2 atom stereocenters. The molecule has 21 heavy (non-hydrogen) atoms. The molecule has 1 saturated carbocycles. The van der Waals surface area contributed by atoms with Crippen LogP contribution in [0.3, 0.4) is 0 Å². The van der Waals surface area contributed by atoms with Crippen LogP contribution in [0.4, 0.5) is 0 Å². The Labute approximate surface area is 130 Å². The van der Waals surface area contributed by atoms with Gasteiger partial charge in [-0.05, 0) is 25.7 Å². The molecule has 1 fully saturated rings. The van der Waals surface area contributed by atoms with Gasteiger partial charge >= 0.3 is 0 Å². The van der Waals surface area contributed by atoms with Crippen LogP contribution >= 0.6 is 0 Å². The molecule has 5 nitrogen and oxygen atoms in total. The summed E-state index contributed by atoms with van der Waals surface area (Å²) in [5.74, 6) is 0. The van der Waals surface area contributed by atoms with Gasteiger partial charge in [0.2, 0.25) is 0 Å². The molecular weight excluding hydrogens is 288 g/mol. The molecule has 2 N–H and O–H groups in total. The number of nitrogens with two attached hydrogens (primary N) is 1. The van der Waals surface area contributed by atoms with Gasteiger partial charge in [0.05, 0.1) is 17.4 Å². The van der Waals surface area contributed by atoms with Crippen molar-refractivity contribution in [3.05, 3.63) is 0 Å². The molecule has 0 aromatic rings. The molecule has 0 saturated heterocycles. The van der Waals surface area contributed by atoms with Gasteiger partial charge in [-0.25, -0.2) is 8.42 Å². The maximum absolute atomic E-state index is 12.3. The highest BCUT2D eigenvalue weighted by atomic mass is 32.2. The maximum atomic E-state index is 12.3. The molecule has 0 radical (unpaired) electrons. The third kappa shape index (κ3) is 3.97. The second-order valence-electron chi connectivity index (χ2n) is 6.17. The summed E-state index contributed by atoms with van der Waals surface area (Å²) in [6.07, 6.45) is 5.87. The zero-order chi connectivity index (χ0) is 16.1. The summed E-state index contributed by atoms with van der Waals surface area (Å²) >= 11 is 0. The van der Waals surface area contributed by atoms with Gasteiger partial charge in [0, 0.05) is 32.5 Å². The Bertz CT molecular complexity index is 409. The molecule has 0 aromatic heterocycles. The first-order valence-electron chi connectivity index (χ1n) is 8.02. The van der Waals surface area contributed by atoms with E-state index in [0.717, 1.165) is 38.6 Å². The van der Waals surface area contributed by atoms with E-state index in [1.54, 1.807) is 7.11 Å². The first-order chi connectivity index (χ1) is 9.87. The van der Waals surface area contributed by atoms with Gasteiger partial charge in [-0.2, -0.15) is 0 Å². The largest absolute Gasteiger partial charge is 0.383 e. The van der Waals surface area contributed by atoms with Crippen LogP contribution in [0.5, 0.6) is 0 Å². The minimum Gasteiger partial charge on any atom is -0.383 e. The van der Waals surface area contributed by atoms with Crippen molar-refractivity contribution >= 4 is 9.84 Å². The molecule has 6 heteroatoms. The number of nitrogens with zero attached hydrogens (tertiary/aromatic N) is 1. The highest BCUT2D eigenvalue weighted by Gasteiger charge is 2.51. The maximum Gasteiger partial charge on any atom is 0.152 e. The fourth-order valence-corrected chi connectivity index (χ4v) is 5.74. The van der Waals surface area contributed by atoms with Crippen LogP contribution in [0, 0.1) is 0 Å². The first kappa shape index (κ1) is 18.9. The Hall–Kier alpha value is -0.170. The van der Waals surface area contributed by atoms with Gasteiger partial charge in [-0.15, -0.1) is 0 Å². The Morgan fingerprint density at radius 3 is 2.43 bits per heavy atom. The third-order valence-corrected chi connectivity index (χ3v) is 6.75. The predicted octanol–water partition coefficient (Wildman–Crippen LogP) is 1.42. The lowest BCUT2D eigenvalue weighted by Gasteiger charge is -2.48. The number of hydrogen-bond acceptors (Lipinski definition) is 5. The predicted molar refractivity (Wildman–Crippen MR) is 87.2 cm³/mol. The van der Waals surface area contributed by atoms with Gasteiger partial charge in [0.1, 0.15) is 0 Å². The van der Waals surface area contributed by atoms with Crippen LogP contribution in [0.25, 0.3) is 0 Å². The van der Waals surface area contributed by atoms with Gasteiger partial charge in [-0.3, -0.25) is 4.90 Å². The van der Waals surface area contributed by atoms with Gasteiger partial charge in [0.25, 0.3) is 0 Å². The van der Waals surface area contributed by atoms with Crippen molar-refractivity contribution in [2.75, 3.05) is 33.1 Å². The number of ether oxygens (including phenoxy) is 1. The van der Waals surface area contributed by atoms with Crippen molar-refractivity contribution in [3.8, 4) is 0 Å². The van der Waals surface area contributed by atoms with Crippen molar-refractivity contribution in [2.45, 2.75) is 62.8 Å². The molecule has 1 aliphatic carbocycles. The molecule has 0 spiro atoms. The number of hydrogen-bond donors (Lipinski definition) is 1. The lowest BCUT2D eigenvalue weighted by atomic mass is 9.91. The second kappa shape index (κ2) is 7.90. The summed E-state index contributed by atoms with van der Waals surface area (Å²) < 4.78 is 29.8. The van der Waals surface area contributed by atoms with E-state index >= 15 is 0 Å². The Morgan fingerprint density at radius 1 is 1.38 bits per heavy atom. The minimum atomic E-state index is -3.10. The average molecular weight is 320 g/mol. The summed E-state index contributed by atoms with van der Waals surface area (Å²) in [6, 6.07) is 0.353. The van der Waals surface area contributed by atoms with E-state index in [2.05, 4.69) is 18.7 Å². The van der Waals surface area contributed by atoms with Crippen LogP contribution in [0.1, 0.15) is 46.0 Å². The second-order valence-corrected chi connectivity index (χ2v) is 8.40. The molecule has 0 amide bonds. The molecule has 1 aliphatic rings. The van der Waals surface area contributed by atoms with E-state index in [0.29, 0.717) is 19.2 Å². The Morgan fingerprint density at radius 2 is 2.00 bits per heavy atom. The fraction of sp³-hybridized carbons (Fsp3) is 1.00. The molecule has 126 valence electrons. The van der Waals surface area contributed by atoms with Crippen molar-refractivity contribution in [1.29, 1.82) is 0 Å². The van der Waals surface area contributed by atoms with Crippen molar-refractivity contribution < 1.29 is 13.2 Å². The zero-order valence-electron chi connectivity index (χ0n) is 14.0. The van der Waals surface area contributed by atoms with Crippen molar-refractivity contribution in [1.82, 2.24) is 4.90 Å². The summed E-state index contributed by atoms with van der Waals surface area (Å²) in [4.78, 5) is 2.34. The summed E-state index contributed by atoms with van der Waals surface area (Å²) in [6.45, 7) is 6.05. The summed E-state index contributed by atoms with van der Waals surface area (Å²) in [5.41, 5.74) is 5.70. The van der Waals surface area contributed by atoms with Crippen LogP contribution in [-0.2, 0) is 14.6 Å². The van der Waals surface area contributed by atoms with Gasteiger partial charge in [-0.1, -0.05) is 20.3 Å². The quantitative estimate of drug-likeness (QED) is 0.695. The Balaban J connectivity index is 3.20. The number of sulfone groups is 1. The summed E-state index contributed by atoms with van der Waals surface area (Å²) in [5, 5.41) is -0.354. The van der Waals surface area contributed by atoms with Crippen LogP contribution < -0.4 is 5.73 Å². The molecule has 2 unspecified atom stereocenters. The van der Waals surface area contributed by atoms with Crippen LogP contribution in [0.2, 0.25) is 0 Å². The average Bonchev–Trinajstić information content (AvgIpc) is 2.88. The lowest BCUT2D eigenvalue weighted by molar-refractivity contribution is 0.0246. The SMILES string of the molecule is CCC(CC)N(CCOC)C1(CN)CCCC1S(C)(=O)=O. The van der Waals surface area contributed by atoms with Crippen LogP contribution in [0.15, 0.2) is 0 Å². The van der Waals surface area contributed by atoms with Crippen molar-refractivity contribution in [3.63, 3.8) is 0 Å². The van der Waals surface area contributed by atoms with Gasteiger partial charge in [0.15, 0.2) is 9.84 Å². The zero-order valence-corrected chi connectivity index (χ0v) is 14.8. The van der Waals surface area contributed by atoms with E-state index in [1.807, 2.05) is 0 Å². The third-order valence-electron chi connectivity index (χ3n) is 5.04. The van der Waals surface area contributed by atoms with E-state index < -0.39 is 15.4 Å². The van der Waals surface area contributed by atoms with E-state index in [9.17, 15) is 8.42 Å².